The SMILES string of the molecule is CCNC(=NCc1ccc(C)cc1OC)NCCCNS(=O)(=O)CC.I. The van der Waals surface area contributed by atoms with E-state index < -0.39 is 10.0 Å². The molecular weight excluding hydrogens is 467 g/mol. The molecule has 9 heteroatoms. The van der Waals surface area contributed by atoms with E-state index in [2.05, 4.69) is 20.3 Å². The van der Waals surface area contributed by atoms with Crippen LogP contribution in [0.25, 0.3) is 0 Å². The Hall–Kier alpha value is -1.07. The van der Waals surface area contributed by atoms with Crippen LogP contribution in [0, 0.1) is 6.92 Å². The Balaban J connectivity index is 0.00000625. The molecule has 1 aromatic carbocycles. The highest BCUT2D eigenvalue weighted by molar-refractivity contribution is 14.0. The smallest absolute Gasteiger partial charge is 0.211 e. The maximum Gasteiger partial charge on any atom is 0.211 e. The van der Waals surface area contributed by atoms with Crippen molar-refractivity contribution >= 4 is 40.0 Å². The number of rotatable bonds is 10. The van der Waals surface area contributed by atoms with Gasteiger partial charge < -0.3 is 15.4 Å². The van der Waals surface area contributed by atoms with Crippen LogP contribution >= 0.6 is 24.0 Å². The van der Waals surface area contributed by atoms with Gasteiger partial charge in [0, 0.05) is 25.2 Å². The summed E-state index contributed by atoms with van der Waals surface area (Å²) in [6.45, 7) is 7.93. The predicted molar refractivity (Wildman–Crippen MR) is 118 cm³/mol. The zero-order valence-electron chi connectivity index (χ0n) is 16.0. The molecule has 0 bridgehead atoms. The Kier molecular flexibility index (Phi) is 12.6. The fraction of sp³-hybridized carbons (Fsp3) is 0.588. The second kappa shape index (κ2) is 13.2. The van der Waals surface area contributed by atoms with Gasteiger partial charge in [-0.1, -0.05) is 12.1 Å². The number of ether oxygens (including phenoxy) is 1. The van der Waals surface area contributed by atoms with E-state index in [9.17, 15) is 8.42 Å². The van der Waals surface area contributed by atoms with E-state index in [1.807, 2.05) is 32.0 Å². The Morgan fingerprint density at radius 2 is 1.92 bits per heavy atom. The highest BCUT2D eigenvalue weighted by Gasteiger charge is 2.05. The summed E-state index contributed by atoms with van der Waals surface area (Å²) in [6, 6.07) is 6.04. The number of sulfonamides is 1. The second-order valence-corrected chi connectivity index (χ2v) is 7.68. The lowest BCUT2D eigenvalue weighted by molar-refractivity contribution is 0.409. The summed E-state index contributed by atoms with van der Waals surface area (Å²) in [6.07, 6.45) is 0.678. The molecule has 0 aromatic heterocycles. The number of halogens is 1. The number of hydrogen-bond acceptors (Lipinski definition) is 4. The lowest BCUT2D eigenvalue weighted by atomic mass is 10.1. The third-order valence-electron chi connectivity index (χ3n) is 3.54. The quantitative estimate of drug-likeness (QED) is 0.199. The lowest BCUT2D eigenvalue weighted by Crippen LogP contribution is -2.38. The number of guanidine groups is 1. The van der Waals surface area contributed by atoms with E-state index in [0.717, 1.165) is 23.4 Å². The van der Waals surface area contributed by atoms with Gasteiger partial charge in [-0.25, -0.2) is 18.1 Å². The van der Waals surface area contributed by atoms with Gasteiger partial charge in [0.1, 0.15) is 5.75 Å². The third kappa shape index (κ3) is 9.58. The fourth-order valence-electron chi connectivity index (χ4n) is 2.11. The van der Waals surface area contributed by atoms with E-state index in [0.29, 0.717) is 32.0 Å². The van der Waals surface area contributed by atoms with Crippen LogP contribution in [0.1, 0.15) is 31.4 Å². The summed E-state index contributed by atoms with van der Waals surface area (Å²) in [4.78, 5) is 4.56. The van der Waals surface area contributed by atoms with Crippen LogP contribution in [0.3, 0.4) is 0 Å². The van der Waals surface area contributed by atoms with Crippen LogP contribution < -0.4 is 20.1 Å². The monoisotopic (exact) mass is 498 g/mol. The number of benzene rings is 1. The summed E-state index contributed by atoms with van der Waals surface area (Å²) in [5, 5.41) is 6.39. The molecule has 0 saturated carbocycles. The molecule has 0 unspecified atom stereocenters. The maximum absolute atomic E-state index is 11.4. The Morgan fingerprint density at radius 3 is 2.54 bits per heavy atom. The summed E-state index contributed by atoms with van der Waals surface area (Å²) >= 11 is 0. The van der Waals surface area contributed by atoms with Crippen LogP contribution in [0.15, 0.2) is 23.2 Å². The number of aliphatic imine (C=N–C) groups is 1. The van der Waals surface area contributed by atoms with Crippen LogP contribution in [0.2, 0.25) is 0 Å². The molecule has 0 aliphatic rings. The van der Waals surface area contributed by atoms with Crippen molar-refractivity contribution < 1.29 is 13.2 Å². The third-order valence-corrected chi connectivity index (χ3v) is 4.95. The highest BCUT2D eigenvalue weighted by atomic mass is 127. The average molecular weight is 498 g/mol. The molecule has 0 aliphatic carbocycles. The predicted octanol–water partition coefficient (Wildman–Crippen LogP) is 2.01. The van der Waals surface area contributed by atoms with Gasteiger partial charge in [0.2, 0.25) is 10.0 Å². The normalized spacial score (nSPS) is 11.6. The largest absolute Gasteiger partial charge is 0.496 e. The van der Waals surface area contributed by atoms with Crippen molar-refractivity contribution in [3.05, 3.63) is 29.3 Å². The molecule has 1 rings (SSSR count). The number of nitrogens with one attached hydrogen (secondary N) is 3. The zero-order valence-corrected chi connectivity index (χ0v) is 19.1. The van der Waals surface area contributed by atoms with E-state index in [-0.39, 0.29) is 29.7 Å². The molecule has 1 aromatic rings. The van der Waals surface area contributed by atoms with Crippen LogP contribution in [0.5, 0.6) is 5.75 Å². The molecule has 0 radical (unpaired) electrons. The first-order chi connectivity index (χ1) is 11.9. The van der Waals surface area contributed by atoms with Crippen molar-refractivity contribution in [2.75, 3.05) is 32.5 Å². The lowest BCUT2D eigenvalue weighted by Gasteiger charge is -2.12. The second-order valence-electron chi connectivity index (χ2n) is 5.59. The molecule has 150 valence electrons. The summed E-state index contributed by atoms with van der Waals surface area (Å²) < 4.78 is 30.7. The van der Waals surface area contributed by atoms with Crippen LogP contribution in [-0.4, -0.2) is 46.9 Å². The van der Waals surface area contributed by atoms with Crippen LogP contribution in [-0.2, 0) is 16.6 Å². The Bertz CT molecular complexity index is 666. The van der Waals surface area contributed by atoms with Gasteiger partial charge in [0.25, 0.3) is 0 Å². The first kappa shape index (κ1) is 24.9. The van der Waals surface area contributed by atoms with Gasteiger partial charge in [-0.05, 0) is 38.8 Å². The zero-order chi connectivity index (χ0) is 18.7. The molecule has 3 N–H and O–H groups in total. The minimum Gasteiger partial charge on any atom is -0.496 e. The van der Waals surface area contributed by atoms with Gasteiger partial charge >= 0.3 is 0 Å². The van der Waals surface area contributed by atoms with Crippen molar-refractivity contribution in [1.82, 2.24) is 15.4 Å². The molecule has 26 heavy (non-hydrogen) atoms. The van der Waals surface area contributed by atoms with Crippen LogP contribution in [0.4, 0.5) is 0 Å². The Labute approximate surface area is 174 Å². The number of methoxy groups -OCH3 is 1. The standard InChI is InChI=1S/C17H30N4O3S.HI/c1-5-18-17(19-10-7-11-21-25(22,23)6-2)20-13-15-9-8-14(3)12-16(15)24-4;/h8-9,12,21H,5-7,10-11,13H2,1-4H3,(H2,18,19,20);1H. The summed E-state index contributed by atoms with van der Waals surface area (Å²) in [5.41, 5.74) is 2.16. The molecule has 0 aliphatic heterocycles. The molecule has 0 spiro atoms. The minimum atomic E-state index is -3.13. The van der Waals surface area contributed by atoms with Crippen molar-refractivity contribution in [1.29, 1.82) is 0 Å². The average Bonchev–Trinajstić information content (AvgIpc) is 2.59. The number of hydrogen-bond donors (Lipinski definition) is 3. The van der Waals surface area contributed by atoms with Crippen molar-refractivity contribution in [3.63, 3.8) is 0 Å². The Morgan fingerprint density at radius 1 is 1.19 bits per heavy atom. The molecule has 0 atom stereocenters. The number of nitrogens with zero attached hydrogens (tertiary/aromatic N) is 1. The first-order valence-electron chi connectivity index (χ1n) is 8.54. The van der Waals surface area contributed by atoms with Crippen molar-refractivity contribution in [2.45, 2.75) is 33.7 Å². The van der Waals surface area contributed by atoms with Gasteiger partial charge in [-0.2, -0.15) is 0 Å². The van der Waals surface area contributed by atoms with Gasteiger partial charge in [0.05, 0.1) is 19.4 Å². The fourth-order valence-corrected chi connectivity index (χ4v) is 2.77. The molecule has 0 fully saturated rings. The van der Waals surface area contributed by atoms with Crippen molar-refractivity contribution in [3.8, 4) is 5.75 Å². The summed E-state index contributed by atoms with van der Waals surface area (Å²) in [7, 11) is -1.47. The maximum atomic E-state index is 11.4. The molecule has 0 amide bonds. The van der Waals surface area contributed by atoms with Gasteiger partial charge in [-0.3, -0.25) is 0 Å². The van der Waals surface area contributed by atoms with E-state index >= 15 is 0 Å². The molecular formula is C17H31IN4O3S. The molecule has 0 saturated heterocycles. The van der Waals surface area contributed by atoms with E-state index in [1.165, 1.54) is 0 Å². The van der Waals surface area contributed by atoms with Gasteiger partial charge in [0.15, 0.2) is 5.96 Å². The first-order valence-corrected chi connectivity index (χ1v) is 10.2. The highest BCUT2D eigenvalue weighted by Crippen LogP contribution is 2.20. The molecule has 7 nitrogen and oxygen atoms in total. The van der Waals surface area contributed by atoms with E-state index in [1.54, 1.807) is 14.0 Å². The number of aryl methyl sites for hydroxylation is 1. The topological polar surface area (TPSA) is 91.8 Å². The van der Waals surface area contributed by atoms with E-state index in [4.69, 9.17) is 4.74 Å². The minimum absolute atomic E-state index is 0. The van der Waals surface area contributed by atoms with Gasteiger partial charge in [-0.15, -0.1) is 24.0 Å². The summed E-state index contributed by atoms with van der Waals surface area (Å²) in [5.74, 6) is 1.63. The molecule has 0 heterocycles. The van der Waals surface area contributed by atoms with Crippen molar-refractivity contribution in [2.24, 2.45) is 4.99 Å².